The lowest BCUT2D eigenvalue weighted by Gasteiger charge is -2.29. The molecule has 4 aromatic carbocycles. The van der Waals surface area contributed by atoms with Crippen molar-refractivity contribution in [3.8, 4) is 0 Å². The number of ether oxygens (including phenoxy) is 4. The zero-order valence-corrected chi connectivity index (χ0v) is 32.3. The number of amides is 5. The van der Waals surface area contributed by atoms with Gasteiger partial charge in [-0.25, -0.2) is 19.2 Å². The third-order valence-corrected chi connectivity index (χ3v) is 8.51. The van der Waals surface area contributed by atoms with E-state index >= 15 is 0 Å². The van der Waals surface area contributed by atoms with Crippen LogP contribution in [0.3, 0.4) is 0 Å². The van der Waals surface area contributed by atoms with Crippen LogP contribution in [0.5, 0.6) is 0 Å². The highest BCUT2D eigenvalue weighted by molar-refractivity contribution is 5.73. The molecule has 0 spiro atoms. The van der Waals surface area contributed by atoms with Gasteiger partial charge in [0.25, 0.3) is 0 Å². The summed E-state index contributed by atoms with van der Waals surface area (Å²) in [6.45, 7) is 2.44. The molecule has 14 heteroatoms. The van der Waals surface area contributed by atoms with E-state index in [4.69, 9.17) is 18.9 Å². The molecule has 0 heterocycles. The number of carbonyl (C=O) groups is 5. The largest absolute Gasteiger partial charge is 0.445 e. The Morgan fingerprint density at radius 3 is 1.12 bits per heavy atom. The summed E-state index contributed by atoms with van der Waals surface area (Å²) in [7, 11) is 0. The molecule has 0 bridgehead atoms. The molecule has 0 radical (unpaired) electrons. The number of hydrogen-bond donors (Lipinski definition) is 2. The van der Waals surface area contributed by atoms with Crippen molar-refractivity contribution in [2.45, 2.75) is 39.8 Å². The first-order valence-electron chi connectivity index (χ1n) is 18.8. The molecule has 0 aromatic heterocycles. The molecule has 14 nitrogen and oxygen atoms in total. The molecule has 0 aliphatic heterocycles. The van der Waals surface area contributed by atoms with Crippen LogP contribution in [0, 0.1) is 0 Å². The van der Waals surface area contributed by atoms with Crippen molar-refractivity contribution in [3.63, 3.8) is 0 Å². The summed E-state index contributed by atoms with van der Waals surface area (Å²) < 4.78 is 22.2. The van der Waals surface area contributed by atoms with Gasteiger partial charge in [-0.1, -0.05) is 121 Å². The van der Waals surface area contributed by atoms with Crippen LogP contribution in [-0.4, -0.2) is 97.3 Å². The summed E-state index contributed by atoms with van der Waals surface area (Å²) >= 11 is 0. The van der Waals surface area contributed by atoms with E-state index < -0.39 is 24.4 Å². The van der Waals surface area contributed by atoms with Gasteiger partial charge < -0.3 is 44.3 Å². The first-order valence-corrected chi connectivity index (χ1v) is 18.8. The zero-order chi connectivity index (χ0) is 40.5. The zero-order valence-electron chi connectivity index (χ0n) is 32.3. The standard InChI is InChI=1S/C43H51N5O9/c1-35(49)44-24-26-47(42(52)56-33-38-19-10-4-11-20-38)28-30-48(43(53)57-34-39-21-12-5-13-22-39)29-27-46(41(51)55-32-37-17-8-3-9-18-37)25-14-23-45-40(50)54-31-36-15-6-2-7-16-36/h2-13,15-22H,14,23-34H2,1H3,(H,44,49)(H,45,50). The van der Waals surface area contributed by atoms with E-state index in [1.54, 1.807) is 0 Å². The topological polar surface area (TPSA) is 156 Å². The minimum atomic E-state index is -0.654. The fourth-order valence-electron chi connectivity index (χ4n) is 5.40. The fourth-order valence-corrected chi connectivity index (χ4v) is 5.40. The third kappa shape index (κ3) is 17.2. The van der Waals surface area contributed by atoms with Crippen molar-refractivity contribution in [1.29, 1.82) is 0 Å². The van der Waals surface area contributed by atoms with E-state index in [1.165, 1.54) is 21.6 Å². The Hall–Kier alpha value is -6.57. The molecule has 5 amide bonds. The van der Waals surface area contributed by atoms with Crippen LogP contribution < -0.4 is 10.6 Å². The van der Waals surface area contributed by atoms with E-state index in [9.17, 15) is 24.0 Å². The molecule has 4 aromatic rings. The maximum absolute atomic E-state index is 13.6. The summed E-state index contributed by atoms with van der Waals surface area (Å²) in [6, 6.07) is 37.0. The molecule has 0 aliphatic rings. The van der Waals surface area contributed by atoms with Crippen LogP contribution in [0.15, 0.2) is 121 Å². The Bertz CT molecular complexity index is 1800. The average molecular weight is 782 g/mol. The molecule has 0 saturated carbocycles. The van der Waals surface area contributed by atoms with E-state index in [1.807, 2.05) is 121 Å². The van der Waals surface area contributed by atoms with E-state index in [2.05, 4.69) is 10.6 Å². The molecule has 0 saturated heterocycles. The maximum atomic E-state index is 13.6. The summed E-state index contributed by atoms with van der Waals surface area (Å²) in [4.78, 5) is 68.6. The van der Waals surface area contributed by atoms with Gasteiger partial charge in [0, 0.05) is 59.3 Å². The fraction of sp³-hybridized carbons (Fsp3) is 0.326. The molecule has 57 heavy (non-hydrogen) atoms. The Labute approximate surface area is 333 Å². The van der Waals surface area contributed by atoms with Crippen molar-refractivity contribution in [3.05, 3.63) is 144 Å². The van der Waals surface area contributed by atoms with Crippen LogP contribution in [0.4, 0.5) is 19.2 Å². The predicted molar refractivity (Wildman–Crippen MR) is 213 cm³/mol. The number of benzene rings is 4. The lowest BCUT2D eigenvalue weighted by molar-refractivity contribution is -0.119. The Balaban J connectivity index is 1.42. The summed E-state index contributed by atoms with van der Waals surface area (Å²) in [6.07, 6.45) is -2.11. The maximum Gasteiger partial charge on any atom is 0.410 e. The van der Waals surface area contributed by atoms with E-state index in [-0.39, 0.29) is 84.7 Å². The van der Waals surface area contributed by atoms with Crippen LogP contribution in [0.2, 0.25) is 0 Å². The first-order chi connectivity index (χ1) is 27.8. The Kier molecular flexibility index (Phi) is 18.7. The van der Waals surface area contributed by atoms with Crippen LogP contribution >= 0.6 is 0 Å². The molecule has 0 fully saturated rings. The van der Waals surface area contributed by atoms with Crippen LogP contribution in [0.25, 0.3) is 0 Å². The minimum Gasteiger partial charge on any atom is -0.445 e. The van der Waals surface area contributed by atoms with Gasteiger partial charge in [-0.05, 0) is 28.7 Å². The second-order valence-corrected chi connectivity index (χ2v) is 12.9. The normalized spacial score (nSPS) is 10.4. The number of nitrogens with one attached hydrogen (secondary N) is 2. The van der Waals surface area contributed by atoms with E-state index in [0.29, 0.717) is 6.42 Å². The predicted octanol–water partition coefficient (Wildman–Crippen LogP) is 6.36. The van der Waals surface area contributed by atoms with Gasteiger partial charge in [-0.3, -0.25) is 4.79 Å². The molecule has 302 valence electrons. The molecular weight excluding hydrogens is 730 g/mol. The number of alkyl carbamates (subject to hydrolysis) is 1. The summed E-state index contributed by atoms with van der Waals surface area (Å²) in [5.41, 5.74) is 3.25. The van der Waals surface area contributed by atoms with Gasteiger partial charge in [0.1, 0.15) is 26.4 Å². The summed E-state index contributed by atoms with van der Waals surface area (Å²) in [5.74, 6) is -0.253. The SMILES string of the molecule is CC(=O)NCCN(CCN(CCN(CCCNC(=O)OCc1ccccc1)C(=O)OCc1ccccc1)C(=O)OCc1ccccc1)C(=O)OCc1ccccc1. The van der Waals surface area contributed by atoms with Gasteiger partial charge in [-0.2, -0.15) is 0 Å². The first kappa shape index (κ1) is 43.2. The molecular formula is C43H51N5O9. The van der Waals surface area contributed by atoms with Gasteiger partial charge in [-0.15, -0.1) is 0 Å². The van der Waals surface area contributed by atoms with Crippen molar-refractivity contribution in [1.82, 2.24) is 25.3 Å². The van der Waals surface area contributed by atoms with E-state index in [0.717, 1.165) is 22.3 Å². The smallest absolute Gasteiger partial charge is 0.410 e. The molecule has 0 aliphatic carbocycles. The molecule has 0 unspecified atom stereocenters. The van der Waals surface area contributed by atoms with Crippen molar-refractivity contribution < 1.29 is 42.9 Å². The van der Waals surface area contributed by atoms with Gasteiger partial charge in [0.05, 0.1) is 0 Å². The van der Waals surface area contributed by atoms with Crippen LogP contribution in [-0.2, 0) is 50.2 Å². The minimum absolute atomic E-state index is 0.0103. The quantitative estimate of drug-likeness (QED) is 0.0726. The highest BCUT2D eigenvalue weighted by Crippen LogP contribution is 2.09. The van der Waals surface area contributed by atoms with Gasteiger partial charge >= 0.3 is 24.4 Å². The molecule has 2 N–H and O–H groups in total. The Morgan fingerprint density at radius 2 is 0.754 bits per heavy atom. The van der Waals surface area contributed by atoms with Crippen LogP contribution in [0.1, 0.15) is 35.6 Å². The number of hydrogen-bond acceptors (Lipinski definition) is 9. The molecule has 0 atom stereocenters. The monoisotopic (exact) mass is 781 g/mol. The third-order valence-electron chi connectivity index (χ3n) is 8.51. The number of nitrogens with zero attached hydrogens (tertiary/aromatic N) is 3. The van der Waals surface area contributed by atoms with Crippen molar-refractivity contribution in [2.75, 3.05) is 52.4 Å². The highest BCUT2D eigenvalue weighted by atomic mass is 16.6. The van der Waals surface area contributed by atoms with Gasteiger partial charge in [0.2, 0.25) is 5.91 Å². The van der Waals surface area contributed by atoms with Crippen molar-refractivity contribution in [2.24, 2.45) is 0 Å². The average Bonchev–Trinajstić information content (AvgIpc) is 3.24. The van der Waals surface area contributed by atoms with Crippen molar-refractivity contribution >= 4 is 30.3 Å². The van der Waals surface area contributed by atoms with Gasteiger partial charge in [0.15, 0.2) is 0 Å². The second kappa shape index (κ2) is 24.8. The highest BCUT2D eigenvalue weighted by Gasteiger charge is 2.23. The summed E-state index contributed by atoms with van der Waals surface area (Å²) in [5, 5.41) is 5.40. The number of carbonyl (C=O) groups excluding carboxylic acids is 5. The second-order valence-electron chi connectivity index (χ2n) is 12.9. The Morgan fingerprint density at radius 1 is 0.421 bits per heavy atom. The molecule has 4 rings (SSSR count). The lowest BCUT2D eigenvalue weighted by Crippen LogP contribution is -2.47. The number of rotatable bonds is 21. The lowest BCUT2D eigenvalue weighted by atomic mass is 10.2.